The molecule has 2 bridgehead atoms. The van der Waals surface area contributed by atoms with Crippen LogP contribution in [-0.2, 0) is 9.22 Å². The van der Waals surface area contributed by atoms with Crippen molar-refractivity contribution in [3.8, 4) is 0 Å². The first kappa shape index (κ1) is 18.1. The third-order valence-corrected chi connectivity index (χ3v) is 7.64. The number of carbonyl (C=O) groups is 1. The Kier molecular flexibility index (Phi) is 4.47. The number of ketones is 1. The molecule has 0 aliphatic heterocycles. The lowest BCUT2D eigenvalue weighted by Gasteiger charge is -2.50. The summed E-state index contributed by atoms with van der Waals surface area (Å²) in [5, 5.41) is 10.0. The first-order valence-corrected chi connectivity index (χ1v) is 12.2. The molecule has 4 atom stereocenters. The Morgan fingerprint density at radius 3 is 2.27 bits per heavy atom. The zero-order valence-electron chi connectivity index (χ0n) is 15.5. The Bertz CT molecular complexity index is 454. The summed E-state index contributed by atoms with van der Waals surface area (Å²) in [6.45, 7) is 15.3. The molecule has 3 nitrogen and oxygen atoms in total. The zero-order chi connectivity index (χ0) is 17.0. The first-order chi connectivity index (χ1) is 9.89. The van der Waals surface area contributed by atoms with E-state index < -0.39 is 20.0 Å². The molecule has 128 valence electrons. The molecule has 0 amide bonds. The van der Waals surface area contributed by atoms with Gasteiger partial charge >= 0.3 is 0 Å². The van der Waals surface area contributed by atoms with Crippen LogP contribution < -0.4 is 0 Å². The van der Waals surface area contributed by atoms with Gasteiger partial charge in [0.2, 0.25) is 0 Å². The van der Waals surface area contributed by atoms with Gasteiger partial charge in [-0.25, -0.2) is 0 Å². The topological polar surface area (TPSA) is 46.5 Å². The Morgan fingerprint density at radius 2 is 1.91 bits per heavy atom. The van der Waals surface area contributed by atoms with E-state index in [1.54, 1.807) is 0 Å². The van der Waals surface area contributed by atoms with E-state index in [4.69, 9.17) is 4.43 Å². The van der Waals surface area contributed by atoms with Crippen LogP contribution in [0.5, 0.6) is 0 Å². The van der Waals surface area contributed by atoms with Gasteiger partial charge in [0.1, 0.15) is 5.60 Å². The number of aliphatic hydroxyl groups is 1. The lowest BCUT2D eigenvalue weighted by Crippen LogP contribution is -2.59. The molecule has 4 heteroatoms. The average molecular weight is 327 g/mol. The van der Waals surface area contributed by atoms with Crippen LogP contribution >= 0.6 is 0 Å². The van der Waals surface area contributed by atoms with Crippen molar-refractivity contribution in [2.24, 2.45) is 16.7 Å². The lowest BCUT2D eigenvalue weighted by molar-refractivity contribution is -0.153. The van der Waals surface area contributed by atoms with Crippen molar-refractivity contribution in [1.29, 1.82) is 0 Å². The van der Waals surface area contributed by atoms with Gasteiger partial charge in [-0.15, -0.1) is 0 Å². The minimum absolute atomic E-state index is 0.116. The molecule has 2 rings (SSSR count). The van der Waals surface area contributed by atoms with Crippen molar-refractivity contribution in [3.63, 3.8) is 0 Å². The summed E-state index contributed by atoms with van der Waals surface area (Å²) >= 11 is 0. The maximum absolute atomic E-state index is 13.2. The van der Waals surface area contributed by atoms with Gasteiger partial charge in [-0.1, -0.05) is 27.7 Å². The summed E-state index contributed by atoms with van der Waals surface area (Å²) in [6, 6.07) is 0. The SMILES string of the molecule is CC[C@@H](O)CC(=O)[C@]1(O[Si](C)(C)C)C[C@@H]2CC[C@@]1(C)C2(C)C. The molecular weight excluding hydrogens is 292 g/mol. The number of hydrogen-bond donors (Lipinski definition) is 1. The van der Waals surface area contributed by atoms with Gasteiger partial charge < -0.3 is 9.53 Å². The molecule has 2 aliphatic rings. The molecule has 0 heterocycles. The fourth-order valence-corrected chi connectivity index (χ4v) is 6.39. The highest BCUT2D eigenvalue weighted by atomic mass is 28.4. The van der Waals surface area contributed by atoms with Crippen LogP contribution in [0.3, 0.4) is 0 Å². The molecule has 22 heavy (non-hydrogen) atoms. The Hall–Kier alpha value is -0.193. The maximum Gasteiger partial charge on any atom is 0.185 e. The van der Waals surface area contributed by atoms with E-state index in [1.807, 2.05) is 6.92 Å². The highest BCUT2D eigenvalue weighted by Gasteiger charge is 2.72. The fourth-order valence-electron chi connectivity index (χ4n) is 4.93. The van der Waals surface area contributed by atoms with Gasteiger partial charge in [-0.3, -0.25) is 4.79 Å². The lowest BCUT2D eigenvalue weighted by atomic mass is 9.62. The molecule has 1 N–H and O–H groups in total. The van der Waals surface area contributed by atoms with E-state index >= 15 is 0 Å². The molecule has 0 aromatic rings. The second kappa shape index (κ2) is 5.42. The Morgan fingerprint density at radius 1 is 1.32 bits per heavy atom. The van der Waals surface area contributed by atoms with Gasteiger partial charge in [0, 0.05) is 11.8 Å². The fraction of sp³-hybridized carbons (Fsp3) is 0.944. The maximum atomic E-state index is 13.2. The highest BCUT2D eigenvalue weighted by Crippen LogP contribution is 2.71. The molecular formula is C18H34O3Si. The molecule has 0 spiro atoms. The number of hydrogen-bond acceptors (Lipinski definition) is 3. The second-order valence-electron chi connectivity index (χ2n) is 9.22. The van der Waals surface area contributed by atoms with E-state index in [9.17, 15) is 9.90 Å². The quantitative estimate of drug-likeness (QED) is 0.746. The Labute approximate surface area is 137 Å². The first-order valence-electron chi connectivity index (χ1n) is 8.81. The summed E-state index contributed by atoms with van der Waals surface area (Å²) in [7, 11) is -1.87. The minimum Gasteiger partial charge on any atom is -0.405 e. The van der Waals surface area contributed by atoms with Gasteiger partial charge in [0.05, 0.1) is 6.10 Å². The highest BCUT2D eigenvalue weighted by molar-refractivity contribution is 6.70. The summed E-state index contributed by atoms with van der Waals surface area (Å²) < 4.78 is 6.64. The molecule has 2 aliphatic carbocycles. The summed E-state index contributed by atoms with van der Waals surface area (Å²) in [4.78, 5) is 13.2. The zero-order valence-corrected chi connectivity index (χ0v) is 16.5. The predicted molar refractivity (Wildman–Crippen MR) is 92.3 cm³/mol. The third-order valence-electron chi connectivity index (χ3n) is 6.68. The van der Waals surface area contributed by atoms with Crippen molar-refractivity contribution in [2.75, 3.05) is 0 Å². The normalized spacial score (nSPS) is 38.3. The van der Waals surface area contributed by atoms with Crippen molar-refractivity contribution >= 4 is 14.1 Å². The molecule has 2 fully saturated rings. The number of Topliss-reactive ketones (excluding diaryl/α,β-unsaturated/α-hetero) is 1. The van der Waals surface area contributed by atoms with E-state index in [1.165, 1.54) is 6.42 Å². The van der Waals surface area contributed by atoms with Gasteiger partial charge in [-0.2, -0.15) is 0 Å². The van der Waals surface area contributed by atoms with E-state index in [-0.39, 0.29) is 23.0 Å². The summed E-state index contributed by atoms with van der Waals surface area (Å²) in [5.41, 5.74) is -0.672. The monoisotopic (exact) mass is 326 g/mol. The van der Waals surface area contributed by atoms with Crippen LogP contribution in [0.2, 0.25) is 19.6 Å². The number of fused-ring (bicyclic) bond motifs is 2. The van der Waals surface area contributed by atoms with Crippen LogP contribution in [0.15, 0.2) is 0 Å². The van der Waals surface area contributed by atoms with Crippen LogP contribution in [0, 0.1) is 16.7 Å². The van der Waals surface area contributed by atoms with Gasteiger partial charge in [0.15, 0.2) is 14.1 Å². The van der Waals surface area contributed by atoms with Crippen molar-refractivity contribution < 1.29 is 14.3 Å². The van der Waals surface area contributed by atoms with Crippen LogP contribution in [-0.4, -0.2) is 30.9 Å². The molecule has 0 aromatic heterocycles. The Balaban J connectivity index is 2.43. The van der Waals surface area contributed by atoms with Crippen LogP contribution in [0.1, 0.15) is 59.8 Å². The molecule has 0 saturated heterocycles. The van der Waals surface area contributed by atoms with Crippen LogP contribution in [0.4, 0.5) is 0 Å². The van der Waals surface area contributed by atoms with Crippen molar-refractivity contribution in [1.82, 2.24) is 0 Å². The number of aliphatic hydroxyl groups excluding tert-OH is 1. The largest absolute Gasteiger partial charge is 0.405 e. The van der Waals surface area contributed by atoms with Crippen molar-refractivity contribution in [2.45, 2.75) is 91.1 Å². The number of rotatable bonds is 6. The second-order valence-corrected chi connectivity index (χ2v) is 13.7. The smallest absolute Gasteiger partial charge is 0.185 e. The van der Waals surface area contributed by atoms with E-state index in [0.29, 0.717) is 12.3 Å². The predicted octanol–water partition coefficient (Wildman–Crippen LogP) is 4.15. The van der Waals surface area contributed by atoms with Gasteiger partial charge in [-0.05, 0) is 56.7 Å². The number of carbonyl (C=O) groups excluding carboxylic acids is 1. The van der Waals surface area contributed by atoms with Crippen LogP contribution in [0.25, 0.3) is 0 Å². The summed E-state index contributed by atoms with van der Waals surface area (Å²) in [5.74, 6) is 0.693. The van der Waals surface area contributed by atoms with Gasteiger partial charge in [0.25, 0.3) is 0 Å². The average Bonchev–Trinajstić information content (AvgIpc) is 2.68. The van der Waals surface area contributed by atoms with E-state index in [2.05, 4.69) is 40.4 Å². The third kappa shape index (κ3) is 2.51. The molecule has 0 aromatic carbocycles. The summed E-state index contributed by atoms with van der Waals surface area (Å²) in [6.07, 6.45) is 3.42. The minimum atomic E-state index is -1.87. The molecule has 0 unspecified atom stereocenters. The molecule has 2 saturated carbocycles. The molecule has 0 radical (unpaired) electrons. The van der Waals surface area contributed by atoms with Crippen molar-refractivity contribution in [3.05, 3.63) is 0 Å². The standard InChI is InChI=1S/C18H34O3Si/c1-8-14(19)11-15(20)18(21-22(5,6)7)12-13-9-10-17(18,4)16(13,2)3/h13-14,19H,8-12H2,1-7H3/t13-,14+,17-,18+/m0/s1. The van der Waals surface area contributed by atoms with E-state index in [0.717, 1.165) is 12.8 Å².